The van der Waals surface area contributed by atoms with Crippen molar-refractivity contribution in [2.24, 2.45) is 7.05 Å². The van der Waals surface area contributed by atoms with Gasteiger partial charge in [-0.05, 0) is 56.0 Å². The molecule has 10 heteroatoms. The monoisotopic (exact) mass is 501 g/mol. The molecule has 6 nitrogen and oxygen atoms in total. The van der Waals surface area contributed by atoms with E-state index in [1.165, 1.54) is 12.1 Å². The standard InChI is InChI=1S/C25H23ClF3N5O/c1-34-23(17-4-2-3-5-20(17)33-34)24(35)31-16-9-7-15(8-10-16)30-21-13-22(25(27,28)29)32-19-11-6-14(26)12-18(19)21/h2-6,11-13,15-16H,7-10H2,1H3,(H,30,32)(H,31,35)/t15-,16+. The zero-order valence-electron chi connectivity index (χ0n) is 18.9. The van der Waals surface area contributed by atoms with Crippen LogP contribution in [0.25, 0.3) is 21.8 Å². The second-order valence-electron chi connectivity index (χ2n) is 8.87. The van der Waals surface area contributed by atoms with Gasteiger partial charge in [0, 0.05) is 40.6 Å². The van der Waals surface area contributed by atoms with Crippen LogP contribution in [0.2, 0.25) is 5.02 Å². The first-order valence-corrected chi connectivity index (χ1v) is 11.7. The van der Waals surface area contributed by atoms with Crippen LogP contribution in [0.3, 0.4) is 0 Å². The fraction of sp³-hybridized carbons (Fsp3) is 0.320. The van der Waals surface area contributed by atoms with Crippen molar-refractivity contribution in [3.63, 3.8) is 0 Å². The molecule has 0 spiro atoms. The Kier molecular flexibility index (Phi) is 6.04. The molecule has 2 aromatic carbocycles. The summed E-state index contributed by atoms with van der Waals surface area (Å²) in [5.74, 6) is -0.179. The van der Waals surface area contributed by atoms with Gasteiger partial charge >= 0.3 is 6.18 Å². The predicted molar refractivity (Wildman–Crippen MR) is 130 cm³/mol. The zero-order valence-corrected chi connectivity index (χ0v) is 19.6. The largest absolute Gasteiger partial charge is 0.433 e. The molecule has 2 heterocycles. The number of carbonyl (C=O) groups is 1. The molecule has 0 aliphatic heterocycles. The van der Waals surface area contributed by atoms with Crippen molar-refractivity contribution in [1.29, 1.82) is 0 Å². The summed E-state index contributed by atoms with van der Waals surface area (Å²) >= 11 is 6.10. The number of fused-ring (bicyclic) bond motifs is 2. The second-order valence-corrected chi connectivity index (χ2v) is 9.31. The molecule has 5 rings (SSSR count). The molecular weight excluding hydrogens is 479 g/mol. The van der Waals surface area contributed by atoms with Gasteiger partial charge in [-0.15, -0.1) is 0 Å². The van der Waals surface area contributed by atoms with Crippen LogP contribution in [-0.4, -0.2) is 32.8 Å². The minimum Gasteiger partial charge on any atom is -0.382 e. The minimum absolute atomic E-state index is 0.0245. The lowest BCUT2D eigenvalue weighted by Gasteiger charge is -2.30. The van der Waals surface area contributed by atoms with Crippen molar-refractivity contribution in [3.05, 3.63) is 64.9 Å². The highest BCUT2D eigenvalue weighted by Crippen LogP contribution is 2.35. The summed E-state index contributed by atoms with van der Waals surface area (Å²) in [5.41, 5.74) is 0.922. The number of benzene rings is 2. The summed E-state index contributed by atoms with van der Waals surface area (Å²) in [4.78, 5) is 16.7. The van der Waals surface area contributed by atoms with Gasteiger partial charge in [0.2, 0.25) is 0 Å². The molecule has 0 radical (unpaired) electrons. The van der Waals surface area contributed by atoms with Crippen LogP contribution in [0.1, 0.15) is 41.9 Å². The number of aryl methyl sites for hydroxylation is 1. The zero-order chi connectivity index (χ0) is 24.7. The Morgan fingerprint density at radius 1 is 1.00 bits per heavy atom. The van der Waals surface area contributed by atoms with Crippen LogP contribution in [0, 0.1) is 0 Å². The number of alkyl halides is 3. The van der Waals surface area contributed by atoms with Crippen molar-refractivity contribution < 1.29 is 18.0 Å². The molecule has 1 saturated carbocycles. The number of rotatable bonds is 4. The molecule has 0 unspecified atom stereocenters. The maximum absolute atomic E-state index is 13.4. The first kappa shape index (κ1) is 23.4. The van der Waals surface area contributed by atoms with Gasteiger partial charge in [-0.25, -0.2) is 4.98 Å². The average molecular weight is 502 g/mol. The number of amides is 1. The fourth-order valence-corrected chi connectivity index (χ4v) is 4.91. The van der Waals surface area contributed by atoms with Crippen molar-refractivity contribution in [1.82, 2.24) is 20.1 Å². The molecule has 0 bridgehead atoms. The van der Waals surface area contributed by atoms with Crippen LogP contribution in [0.4, 0.5) is 18.9 Å². The molecule has 2 aromatic heterocycles. The molecule has 35 heavy (non-hydrogen) atoms. The van der Waals surface area contributed by atoms with Gasteiger partial charge in [0.1, 0.15) is 11.4 Å². The van der Waals surface area contributed by atoms with Crippen molar-refractivity contribution in [3.8, 4) is 0 Å². The molecular formula is C25H23ClF3N5O. The van der Waals surface area contributed by atoms with Crippen LogP contribution >= 0.6 is 11.6 Å². The second kappa shape index (κ2) is 9.03. The predicted octanol–water partition coefficient (Wildman–Crippen LogP) is 5.95. The first-order chi connectivity index (χ1) is 16.7. The van der Waals surface area contributed by atoms with E-state index >= 15 is 0 Å². The molecule has 1 amide bonds. The number of nitrogens with one attached hydrogen (secondary N) is 2. The van der Waals surface area contributed by atoms with Crippen molar-refractivity contribution in [2.45, 2.75) is 43.9 Å². The molecule has 182 valence electrons. The molecule has 1 aliphatic rings. The van der Waals surface area contributed by atoms with E-state index in [1.807, 2.05) is 24.3 Å². The van der Waals surface area contributed by atoms with E-state index in [0.717, 1.165) is 17.0 Å². The number of anilines is 1. The number of pyridine rings is 1. The smallest absolute Gasteiger partial charge is 0.382 e. The van der Waals surface area contributed by atoms with Gasteiger partial charge < -0.3 is 10.6 Å². The Balaban J connectivity index is 1.28. The lowest BCUT2D eigenvalue weighted by molar-refractivity contribution is -0.140. The van der Waals surface area contributed by atoms with Gasteiger partial charge in [-0.2, -0.15) is 18.3 Å². The summed E-state index contributed by atoms with van der Waals surface area (Å²) in [7, 11) is 1.75. The van der Waals surface area contributed by atoms with E-state index in [1.54, 1.807) is 17.8 Å². The SMILES string of the molecule is Cn1nc2ccccc2c1C(=O)N[C@H]1CC[C@@H](Nc2cc(C(F)(F)F)nc3ccc(Cl)cc23)CC1. The summed E-state index contributed by atoms with van der Waals surface area (Å²) in [5, 5.41) is 12.5. The summed E-state index contributed by atoms with van der Waals surface area (Å²) in [6.07, 6.45) is -1.75. The summed E-state index contributed by atoms with van der Waals surface area (Å²) < 4.78 is 41.8. The number of hydrogen-bond acceptors (Lipinski definition) is 4. The lowest BCUT2D eigenvalue weighted by atomic mass is 9.90. The third-order valence-electron chi connectivity index (χ3n) is 6.44. The van der Waals surface area contributed by atoms with Crippen LogP contribution in [-0.2, 0) is 13.2 Å². The Morgan fingerprint density at radius 3 is 2.46 bits per heavy atom. The highest BCUT2D eigenvalue weighted by Gasteiger charge is 2.34. The summed E-state index contributed by atoms with van der Waals surface area (Å²) in [6, 6.07) is 13.1. The number of nitrogens with zero attached hydrogens (tertiary/aromatic N) is 3. The quantitative estimate of drug-likeness (QED) is 0.362. The Bertz CT molecular complexity index is 1410. The number of aromatic nitrogens is 3. The van der Waals surface area contributed by atoms with E-state index in [0.29, 0.717) is 47.5 Å². The third-order valence-corrected chi connectivity index (χ3v) is 6.67. The average Bonchev–Trinajstić information content (AvgIpc) is 3.15. The number of hydrogen-bond donors (Lipinski definition) is 2. The van der Waals surface area contributed by atoms with Crippen molar-refractivity contribution in [2.75, 3.05) is 5.32 Å². The molecule has 4 aromatic rings. The highest BCUT2D eigenvalue weighted by atomic mass is 35.5. The first-order valence-electron chi connectivity index (χ1n) is 11.4. The van der Waals surface area contributed by atoms with Crippen LogP contribution < -0.4 is 10.6 Å². The van der Waals surface area contributed by atoms with Gasteiger partial charge in [0.05, 0.1) is 11.0 Å². The number of halogens is 4. The molecule has 0 saturated heterocycles. The van der Waals surface area contributed by atoms with Crippen molar-refractivity contribution >= 4 is 45.0 Å². The number of carbonyl (C=O) groups excluding carboxylic acids is 1. The Morgan fingerprint density at radius 2 is 1.71 bits per heavy atom. The van der Waals surface area contributed by atoms with E-state index in [-0.39, 0.29) is 23.5 Å². The molecule has 2 N–H and O–H groups in total. The van der Waals surface area contributed by atoms with E-state index in [2.05, 4.69) is 20.7 Å². The summed E-state index contributed by atoms with van der Waals surface area (Å²) in [6.45, 7) is 0. The molecule has 1 fully saturated rings. The van der Waals surface area contributed by atoms with Crippen LogP contribution in [0.15, 0.2) is 48.5 Å². The topological polar surface area (TPSA) is 71.8 Å². The molecule has 1 aliphatic carbocycles. The maximum Gasteiger partial charge on any atom is 0.433 e. The normalized spacial score (nSPS) is 18.7. The Hall–Kier alpha value is -3.33. The Labute approximate surface area is 204 Å². The van der Waals surface area contributed by atoms with Gasteiger partial charge in [0.15, 0.2) is 0 Å². The van der Waals surface area contributed by atoms with E-state index in [9.17, 15) is 18.0 Å². The van der Waals surface area contributed by atoms with Gasteiger partial charge in [-0.1, -0.05) is 29.8 Å². The fourth-order valence-electron chi connectivity index (χ4n) is 4.73. The third kappa shape index (κ3) is 4.77. The van der Waals surface area contributed by atoms with E-state index < -0.39 is 11.9 Å². The van der Waals surface area contributed by atoms with Crippen LogP contribution in [0.5, 0.6) is 0 Å². The maximum atomic E-state index is 13.4. The van der Waals surface area contributed by atoms with Gasteiger partial charge in [-0.3, -0.25) is 9.48 Å². The van der Waals surface area contributed by atoms with Gasteiger partial charge in [0.25, 0.3) is 5.91 Å². The lowest BCUT2D eigenvalue weighted by Crippen LogP contribution is -2.40. The van der Waals surface area contributed by atoms with E-state index in [4.69, 9.17) is 11.6 Å². The molecule has 0 atom stereocenters. The minimum atomic E-state index is -4.55. The highest BCUT2D eigenvalue weighted by molar-refractivity contribution is 6.31.